The lowest BCUT2D eigenvalue weighted by molar-refractivity contribution is -0.385. The number of nitro benzene ring substituents is 1. The van der Waals surface area contributed by atoms with Crippen molar-refractivity contribution in [2.75, 3.05) is 0 Å². The zero-order chi connectivity index (χ0) is 17.1. The van der Waals surface area contributed by atoms with Crippen LogP contribution in [0.2, 0.25) is 0 Å². The Bertz CT molecular complexity index is 913. The van der Waals surface area contributed by atoms with Crippen molar-refractivity contribution < 1.29 is 14.8 Å². The van der Waals surface area contributed by atoms with Gasteiger partial charge in [-0.15, -0.1) is 5.10 Å². The highest BCUT2D eigenvalue weighted by Gasteiger charge is 2.16. The lowest BCUT2D eigenvalue weighted by atomic mass is 10.2. The smallest absolute Gasteiger partial charge is 0.270 e. The zero-order valence-electron chi connectivity index (χ0n) is 11.9. The van der Waals surface area contributed by atoms with Gasteiger partial charge in [-0.05, 0) is 40.4 Å². The first-order chi connectivity index (χ1) is 11.6. The fourth-order valence-electron chi connectivity index (χ4n) is 1.95. The van der Waals surface area contributed by atoms with E-state index in [-0.39, 0.29) is 16.1 Å². The molecule has 0 N–H and O–H groups in total. The second kappa shape index (κ2) is 6.46. The quantitative estimate of drug-likeness (QED) is 0.498. The van der Waals surface area contributed by atoms with Gasteiger partial charge in [0.15, 0.2) is 0 Å². The number of nitrogens with zero attached hydrogens (tertiary/aromatic N) is 5. The van der Waals surface area contributed by atoms with Crippen molar-refractivity contribution in [3.05, 3.63) is 64.2 Å². The summed E-state index contributed by atoms with van der Waals surface area (Å²) in [7, 11) is 0. The van der Waals surface area contributed by atoms with E-state index in [1.807, 2.05) is 18.2 Å². The summed E-state index contributed by atoms with van der Waals surface area (Å²) in [5.74, 6) is -1.51. The van der Waals surface area contributed by atoms with E-state index in [1.165, 1.54) is 16.8 Å². The topological polar surface area (TPSA) is 127 Å². The molecular weight excluding hydrogens is 334 g/mol. The fraction of sp³-hybridized carbons (Fsp3) is 0. The summed E-state index contributed by atoms with van der Waals surface area (Å²) in [4.78, 5) is 21.6. The highest BCUT2D eigenvalue weighted by Crippen LogP contribution is 2.31. The lowest BCUT2D eigenvalue weighted by Crippen LogP contribution is -2.23. The number of aromatic nitrogens is 4. The monoisotopic (exact) mass is 342 g/mol. The normalized spacial score (nSPS) is 10.5. The second-order valence-electron chi connectivity index (χ2n) is 4.54. The maximum absolute atomic E-state index is 11.3. The number of benzene rings is 2. The molecule has 24 heavy (non-hydrogen) atoms. The van der Waals surface area contributed by atoms with E-state index < -0.39 is 10.9 Å². The first kappa shape index (κ1) is 15.6. The summed E-state index contributed by atoms with van der Waals surface area (Å²) in [6.07, 6.45) is 0. The zero-order valence-corrected chi connectivity index (χ0v) is 12.7. The molecule has 1 heterocycles. The standard InChI is InChI=1S/C14H9N5O4S/c20-13(21)11-8-10(19(22)23)6-7-12(11)24-14-15-16-17-18(14)9-4-2-1-3-5-9/h1-8H,(H,20,21)/p-1. The maximum Gasteiger partial charge on any atom is 0.270 e. The lowest BCUT2D eigenvalue weighted by Gasteiger charge is -2.09. The molecule has 3 rings (SSSR count). The summed E-state index contributed by atoms with van der Waals surface area (Å²) in [6.45, 7) is 0. The van der Waals surface area contributed by atoms with Crippen LogP contribution in [0.5, 0.6) is 0 Å². The average Bonchev–Trinajstić information content (AvgIpc) is 3.03. The van der Waals surface area contributed by atoms with Crippen molar-refractivity contribution in [3.8, 4) is 5.69 Å². The number of hydrogen-bond acceptors (Lipinski definition) is 8. The minimum atomic E-state index is -1.51. The Balaban J connectivity index is 2.00. The fourth-order valence-corrected chi connectivity index (χ4v) is 2.84. The molecule has 0 aliphatic rings. The molecule has 0 aliphatic carbocycles. The Morgan fingerprint density at radius 3 is 2.58 bits per heavy atom. The Labute approximate surface area is 139 Å². The van der Waals surface area contributed by atoms with Crippen LogP contribution in [0, 0.1) is 10.1 Å². The number of carboxylic acid groups (broad SMARTS) is 1. The largest absolute Gasteiger partial charge is 0.545 e. The number of non-ortho nitro benzene ring substituents is 1. The van der Waals surface area contributed by atoms with Gasteiger partial charge in [-0.1, -0.05) is 18.2 Å². The van der Waals surface area contributed by atoms with Gasteiger partial charge in [-0.25, -0.2) is 0 Å². The van der Waals surface area contributed by atoms with Gasteiger partial charge < -0.3 is 9.90 Å². The first-order valence-corrected chi connectivity index (χ1v) is 7.39. The third-order valence-electron chi connectivity index (χ3n) is 3.04. The van der Waals surface area contributed by atoms with E-state index in [9.17, 15) is 20.0 Å². The van der Waals surface area contributed by atoms with E-state index in [1.54, 1.807) is 12.1 Å². The van der Waals surface area contributed by atoms with Crippen LogP contribution in [0.4, 0.5) is 5.69 Å². The third-order valence-corrected chi connectivity index (χ3v) is 4.05. The van der Waals surface area contributed by atoms with Gasteiger partial charge in [-0.2, -0.15) is 4.68 Å². The molecular formula is C14H8N5O4S-. The molecule has 0 radical (unpaired) electrons. The molecule has 0 saturated heterocycles. The van der Waals surface area contributed by atoms with Crippen molar-refractivity contribution in [2.24, 2.45) is 0 Å². The molecule has 0 spiro atoms. The highest BCUT2D eigenvalue weighted by molar-refractivity contribution is 7.99. The van der Waals surface area contributed by atoms with Crippen molar-refractivity contribution in [1.29, 1.82) is 0 Å². The molecule has 0 atom stereocenters. The molecule has 0 amide bonds. The minimum Gasteiger partial charge on any atom is -0.545 e. The number of hydrogen-bond donors (Lipinski definition) is 0. The minimum absolute atomic E-state index is 0.243. The third kappa shape index (κ3) is 3.08. The van der Waals surface area contributed by atoms with E-state index in [2.05, 4.69) is 15.5 Å². The SMILES string of the molecule is O=C([O-])c1cc([N+](=O)[O-])ccc1Sc1nnnn1-c1ccccc1. The summed E-state index contributed by atoms with van der Waals surface area (Å²) < 4.78 is 1.44. The van der Waals surface area contributed by atoms with Gasteiger partial charge >= 0.3 is 0 Å². The van der Waals surface area contributed by atoms with Gasteiger partial charge in [0.05, 0.1) is 16.6 Å². The Hall–Kier alpha value is -3.27. The summed E-state index contributed by atoms with van der Waals surface area (Å²) in [6, 6.07) is 12.5. The molecule has 2 aromatic carbocycles. The predicted molar refractivity (Wildman–Crippen MR) is 80.7 cm³/mol. The van der Waals surface area contributed by atoms with E-state index in [0.29, 0.717) is 10.8 Å². The van der Waals surface area contributed by atoms with Crippen LogP contribution in [0.1, 0.15) is 10.4 Å². The number of para-hydroxylation sites is 1. The van der Waals surface area contributed by atoms with Crippen LogP contribution >= 0.6 is 11.8 Å². The van der Waals surface area contributed by atoms with Gasteiger partial charge in [-0.3, -0.25) is 10.1 Å². The summed E-state index contributed by atoms with van der Waals surface area (Å²) in [5, 5.41) is 33.7. The van der Waals surface area contributed by atoms with Crippen LogP contribution < -0.4 is 5.11 Å². The van der Waals surface area contributed by atoms with Gasteiger partial charge in [0.25, 0.3) is 5.69 Å². The van der Waals surface area contributed by atoms with Crippen LogP contribution in [0.25, 0.3) is 5.69 Å². The van der Waals surface area contributed by atoms with E-state index >= 15 is 0 Å². The molecule has 10 heteroatoms. The van der Waals surface area contributed by atoms with Crippen molar-refractivity contribution >= 4 is 23.4 Å². The van der Waals surface area contributed by atoms with Gasteiger partial charge in [0.2, 0.25) is 5.16 Å². The van der Waals surface area contributed by atoms with Crippen LogP contribution in [-0.4, -0.2) is 31.1 Å². The number of carboxylic acids is 1. The maximum atomic E-state index is 11.3. The van der Waals surface area contributed by atoms with Gasteiger partial charge in [0.1, 0.15) is 0 Å². The van der Waals surface area contributed by atoms with Gasteiger partial charge in [0, 0.05) is 22.6 Å². The molecule has 0 saturated carbocycles. The predicted octanol–water partition coefficient (Wildman–Crippen LogP) is 1.09. The Morgan fingerprint density at radius 2 is 1.92 bits per heavy atom. The Kier molecular flexibility index (Phi) is 4.20. The second-order valence-corrected chi connectivity index (χ2v) is 5.55. The molecule has 1 aromatic heterocycles. The molecule has 3 aromatic rings. The number of rotatable bonds is 5. The van der Waals surface area contributed by atoms with Crippen LogP contribution in [0.3, 0.4) is 0 Å². The van der Waals surface area contributed by atoms with E-state index in [0.717, 1.165) is 17.8 Å². The van der Waals surface area contributed by atoms with Crippen molar-refractivity contribution in [3.63, 3.8) is 0 Å². The molecule has 9 nitrogen and oxygen atoms in total. The molecule has 0 unspecified atom stereocenters. The average molecular weight is 342 g/mol. The van der Waals surface area contributed by atoms with Crippen molar-refractivity contribution in [2.45, 2.75) is 10.1 Å². The van der Waals surface area contributed by atoms with E-state index in [4.69, 9.17) is 0 Å². The Morgan fingerprint density at radius 1 is 1.17 bits per heavy atom. The van der Waals surface area contributed by atoms with Crippen molar-refractivity contribution in [1.82, 2.24) is 20.2 Å². The highest BCUT2D eigenvalue weighted by atomic mass is 32.2. The number of carbonyl (C=O) groups is 1. The molecule has 120 valence electrons. The molecule has 0 bridgehead atoms. The van der Waals surface area contributed by atoms with Crippen LogP contribution in [-0.2, 0) is 0 Å². The molecule has 0 aliphatic heterocycles. The molecule has 0 fully saturated rings. The summed E-state index contributed by atoms with van der Waals surface area (Å²) in [5.41, 5.74) is 0.0694. The number of carbonyl (C=O) groups excluding carboxylic acids is 1. The number of nitro groups is 1. The summed E-state index contributed by atoms with van der Waals surface area (Å²) >= 11 is 0.975. The van der Waals surface area contributed by atoms with Crippen LogP contribution in [0.15, 0.2) is 58.6 Å². The first-order valence-electron chi connectivity index (χ1n) is 6.57. The number of tetrazole rings is 1. The number of aromatic carboxylic acids is 1.